The maximum Gasteiger partial charge on any atom is 0.256 e. The average molecular weight is 347 g/mol. The lowest BCUT2D eigenvalue weighted by molar-refractivity contribution is 0.0355. The lowest BCUT2D eigenvalue weighted by Gasteiger charge is -2.35. The third kappa shape index (κ3) is 3.37. The van der Waals surface area contributed by atoms with Crippen molar-refractivity contribution in [3.63, 3.8) is 0 Å². The van der Waals surface area contributed by atoms with Crippen LogP contribution < -0.4 is 4.74 Å². The summed E-state index contributed by atoms with van der Waals surface area (Å²) in [6.45, 7) is 0.906. The summed E-state index contributed by atoms with van der Waals surface area (Å²) in [4.78, 5) is 18.5. The highest BCUT2D eigenvalue weighted by atomic mass is 19.1. The number of carbonyl (C=O) groups excluding carboxylic acids is 1. The van der Waals surface area contributed by atoms with Crippen molar-refractivity contribution in [2.24, 2.45) is 13.0 Å². The summed E-state index contributed by atoms with van der Waals surface area (Å²) >= 11 is 0. The first-order valence-electron chi connectivity index (χ1n) is 8.30. The molecular weight excluding hydrogens is 325 g/mol. The van der Waals surface area contributed by atoms with Crippen LogP contribution in [0.15, 0.2) is 30.6 Å². The molecule has 0 bridgehead atoms. The van der Waals surface area contributed by atoms with Gasteiger partial charge < -0.3 is 19.3 Å². The number of rotatable bonds is 4. The van der Waals surface area contributed by atoms with E-state index in [9.17, 15) is 14.3 Å². The molecule has 2 atom stereocenters. The molecule has 6 nitrogen and oxygen atoms in total. The topological polar surface area (TPSA) is 67.6 Å². The van der Waals surface area contributed by atoms with Gasteiger partial charge in [0.2, 0.25) is 0 Å². The molecule has 1 aliphatic heterocycles. The number of aliphatic hydroxyl groups excluding tert-OH is 1. The smallest absolute Gasteiger partial charge is 0.256 e. The maximum absolute atomic E-state index is 14.4. The van der Waals surface area contributed by atoms with Gasteiger partial charge in [-0.15, -0.1) is 0 Å². The monoisotopic (exact) mass is 347 g/mol. The summed E-state index contributed by atoms with van der Waals surface area (Å²) < 4.78 is 21.1. The van der Waals surface area contributed by atoms with Crippen molar-refractivity contribution in [2.75, 3.05) is 20.2 Å². The van der Waals surface area contributed by atoms with Gasteiger partial charge in [-0.25, -0.2) is 9.37 Å². The number of halogens is 1. The zero-order valence-electron chi connectivity index (χ0n) is 14.4. The highest BCUT2D eigenvalue weighted by molar-refractivity contribution is 5.95. The van der Waals surface area contributed by atoms with Crippen LogP contribution in [0, 0.1) is 11.7 Å². The van der Waals surface area contributed by atoms with Gasteiger partial charge in [-0.1, -0.05) is 6.07 Å². The molecule has 2 heterocycles. The fourth-order valence-corrected chi connectivity index (χ4v) is 3.33. The molecule has 0 aliphatic carbocycles. The number of methoxy groups -OCH3 is 1. The molecule has 1 aromatic carbocycles. The Hall–Kier alpha value is -2.41. The number of likely N-dealkylation sites (tertiary alicyclic amines) is 1. The van der Waals surface area contributed by atoms with E-state index in [0.717, 1.165) is 12.8 Å². The van der Waals surface area contributed by atoms with E-state index in [0.29, 0.717) is 18.9 Å². The van der Waals surface area contributed by atoms with Crippen LogP contribution in [-0.2, 0) is 7.05 Å². The fraction of sp³-hybridized carbons (Fsp3) is 0.444. The SMILES string of the molecule is COc1cccc(C(=O)N2CCCC(C(O)c3nccn3C)C2)c1F. The number of nitrogens with zero attached hydrogens (tertiary/aromatic N) is 3. The molecule has 1 amide bonds. The zero-order chi connectivity index (χ0) is 18.0. The second-order valence-electron chi connectivity index (χ2n) is 6.32. The number of hydrogen-bond acceptors (Lipinski definition) is 4. The lowest BCUT2D eigenvalue weighted by Crippen LogP contribution is -2.42. The van der Waals surface area contributed by atoms with Crippen LogP contribution in [0.3, 0.4) is 0 Å². The third-order valence-corrected chi connectivity index (χ3v) is 4.73. The van der Waals surface area contributed by atoms with E-state index < -0.39 is 11.9 Å². The first-order valence-corrected chi connectivity index (χ1v) is 8.30. The van der Waals surface area contributed by atoms with Gasteiger partial charge in [0.05, 0.1) is 12.7 Å². The Bertz CT molecular complexity index is 762. The second kappa shape index (κ2) is 7.23. The van der Waals surface area contributed by atoms with Crippen LogP contribution in [0.5, 0.6) is 5.75 Å². The Balaban J connectivity index is 1.77. The Labute approximate surface area is 145 Å². The number of aromatic nitrogens is 2. The summed E-state index contributed by atoms with van der Waals surface area (Å²) in [6, 6.07) is 4.54. The fourth-order valence-electron chi connectivity index (χ4n) is 3.33. The Kier molecular flexibility index (Phi) is 5.03. The molecule has 134 valence electrons. The van der Waals surface area contributed by atoms with Gasteiger partial charge in [0.1, 0.15) is 11.9 Å². The molecule has 1 aromatic heterocycles. The number of aliphatic hydroxyl groups is 1. The van der Waals surface area contributed by atoms with Crippen molar-refractivity contribution >= 4 is 5.91 Å². The molecule has 25 heavy (non-hydrogen) atoms. The minimum Gasteiger partial charge on any atom is -0.494 e. The first-order chi connectivity index (χ1) is 12.0. The molecular formula is C18H22FN3O3. The minimum absolute atomic E-state index is 0.00789. The average Bonchev–Trinajstić information content (AvgIpc) is 3.07. The summed E-state index contributed by atoms with van der Waals surface area (Å²) in [5.41, 5.74) is -0.00789. The highest BCUT2D eigenvalue weighted by Crippen LogP contribution is 2.30. The van der Waals surface area contributed by atoms with Crippen LogP contribution in [0.25, 0.3) is 0 Å². The van der Waals surface area contributed by atoms with Gasteiger partial charge in [0.15, 0.2) is 11.6 Å². The Morgan fingerprint density at radius 3 is 2.96 bits per heavy atom. The standard InChI is InChI=1S/C18H22FN3O3/c1-21-10-8-20-17(21)16(23)12-5-4-9-22(11-12)18(24)13-6-3-7-14(25-2)15(13)19/h3,6-8,10,12,16,23H,4-5,9,11H2,1-2H3. The van der Waals surface area contributed by atoms with Crippen LogP contribution in [-0.4, -0.2) is 45.7 Å². The molecule has 0 radical (unpaired) electrons. The maximum atomic E-state index is 14.4. The molecule has 2 aromatic rings. The minimum atomic E-state index is -0.759. The second-order valence-corrected chi connectivity index (χ2v) is 6.32. The van der Waals surface area contributed by atoms with Crippen LogP contribution in [0.2, 0.25) is 0 Å². The van der Waals surface area contributed by atoms with Crippen LogP contribution in [0.1, 0.15) is 35.1 Å². The number of imidazole rings is 1. The van der Waals surface area contributed by atoms with Crippen LogP contribution >= 0.6 is 0 Å². The molecule has 7 heteroatoms. The molecule has 1 aliphatic rings. The first kappa shape index (κ1) is 17.4. The van der Waals surface area contributed by atoms with Crippen LogP contribution in [0.4, 0.5) is 4.39 Å². The summed E-state index contributed by atoms with van der Waals surface area (Å²) in [5, 5.41) is 10.6. The summed E-state index contributed by atoms with van der Waals surface area (Å²) in [7, 11) is 3.19. The molecule has 1 N–H and O–H groups in total. The van der Waals surface area contributed by atoms with Crippen molar-refractivity contribution in [3.05, 3.63) is 47.8 Å². The molecule has 1 fully saturated rings. The van der Waals surface area contributed by atoms with Gasteiger partial charge in [0.25, 0.3) is 5.91 Å². The van der Waals surface area contributed by atoms with Crippen molar-refractivity contribution in [2.45, 2.75) is 18.9 Å². The Morgan fingerprint density at radius 2 is 2.28 bits per heavy atom. The van der Waals surface area contributed by atoms with E-state index in [4.69, 9.17) is 4.74 Å². The van der Waals surface area contributed by atoms with Gasteiger partial charge in [-0.2, -0.15) is 0 Å². The largest absolute Gasteiger partial charge is 0.494 e. The molecule has 3 rings (SSSR count). The zero-order valence-corrected chi connectivity index (χ0v) is 14.4. The highest BCUT2D eigenvalue weighted by Gasteiger charge is 2.32. The van der Waals surface area contributed by atoms with E-state index in [1.54, 1.807) is 27.9 Å². The molecule has 2 unspecified atom stereocenters. The number of piperidine rings is 1. The van der Waals surface area contributed by atoms with Crippen molar-refractivity contribution in [1.29, 1.82) is 0 Å². The Morgan fingerprint density at radius 1 is 1.48 bits per heavy atom. The van der Waals surface area contributed by atoms with E-state index in [1.165, 1.54) is 19.2 Å². The predicted molar refractivity (Wildman–Crippen MR) is 89.7 cm³/mol. The van der Waals surface area contributed by atoms with Crippen molar-refractivity contribution < 1.29 is 19.0 Å². The number of benzene rings is 1. The normalized spacial score (nSPS) is 18.9. The number of hydrogen-bond donors (Lipinski definition) is 1. The third-order valence-electron chi connectivity index (χ3n) is 4.73. The van der Waals surface area contributed by atoms with Gasteiger partial charge in [-0.05, 0) is 25.0 Å². The van der Waals surface area contributed by atoms with E-state index >= 15 is 0 Å². The van der Waals surface area contributed by atoms with Gasteiger partial charge >= 0.3 is 0 Å². The van der Waals surface area contributed by atoms with Crippen molar-refractivity contribution in [3.8, 4) is 5.75 Å². The number of aryl methyl sites for hydroxylation is 1. The quantitative estimate of drug-likeness (QED) is 0.920. The van der Waals surface area contributed by atoms with Gasteiger partial charge in [0, 0.05) is 38.4 Å². The van der Waals surface area contributed by atoms with E-state index in [2.05, 4.69) is 4.98 Å². The predicted octanol–water partition coefficient (Wildman–Crippen LogP) is 2.15. The van der Waals surface area contributed by atoms with Crippen molar-refractivity contribution in [1.82, 2.24) is 14.5 Å². The molecule has 0 spiro atoms. The molecule has 0 saturated carbocycles. The lowest BCUT2D eigenvalue weighted by atomic mass is 9.91. The van der Waals surface area contributed by atoms with Gasteiger partial charge in [-0.3, -0.25) is 4.79 Å². The summed E-state index contributed by atoms with van der Waals surface area (Å²) in [6.07, 6.45) is 4.19. The summed E-state index contributed by atoms with van der Waals surface area (Å²) in [5.74, 6) is -0.540. The van der Waals surface area contributed by atoms with E-state index in [1.807, 2.05) is 7.05 Å². The molecule has 1 saturated heterocycles. The number of ether oxygens (including phenoxy) is 1. The van der Waals surface area contributed by atoms with E-state index in [-0.39, 0.29) is 23.1 Å². The number of carbonyl (C=O) groups is 1. The number of amides is 1.